The van der Waals surface area contributed by atoms with Crippen LogP contribution in [0.2, 0.25) is 0 Å². The second-order valence-corrected chi connectivity index (χ2v) is 11.9. The first-order chi connectivity index (χ1) is 14.7. The minimum Gasteiger partial charge on any atom is -0.459 e. The second kappa shape index (κ2) is 8.66. The van der Waals surface area contributed by atoms with Crippen LogP contribution in [0.4, 0.5) is 0 Å². The lowest BCUT2D eigenvalue weighted by Gasteiger charge is -2.58. The van der Waals surface area contributed by atoms with Gasteiger partial charge in [0.15, 0.2) is 10.9 Å². The highest BCUT2D eigenvalue weighted by molar-refractivity contribution is 8.14. The van der Waals surface area contributed by atoms with Crippen LogP contribution in [0.5, 0.6) is 0 Å². The smallest absolute Gasteiger partial charge is 0.303 e. The third kappa shape index (κ3) is 3.92. The van der Waals surface area contributed by atoms with Gasteiger partial charge in [-0.2, -0.15) is 0 Å². The lowest BCUT2D eigenvalue weighted by atomic mass is 9.50. The molecule has 7 atom stereocenters. The minimum atomic E-state index is -0.527. The third-order valence-electron chi connectivity index (χ3n) is 8.98. The van der Waals surface area contributed by atoms with E-state index in [1.54, 1.807) is 6.92 Å². The molecule has 4 aliphatic rings. The zero-order valence-electron chi connectivity index (χ0n) is 19.0. The van der Waals surface area contributed by atoms with Crippen molar-refractivity contribution in [3.63, 3.8) is 0 Å². The van der Waals surface area contributed by atoms with Crippen LogP contribution in [0.25, 0.3) is 0 Å². The molecule has 0 aromatic rings. The van der Waals surface area contributed by atoms with E-state index in [0.717, 1.165) is 38.5 Å². The van der Waals surface area contributed by atoms with Crippen molar-refractivity contribution >= 4 is 28.6 Å². The Bertz CT molecular complexity index is 791. The maximum Gasteiger partial charge on any atom is 0.303 e. The van der Waals surface area contributed by atoms with E-state index in [1.165, 1.54) is 24.3 Å². The first-order valence-corrected chi connectivity index (χ1v) is 12.8. The summed E-state index contributed by atoms with van der Waals surface area (Å²) in [5.41, 5.74) is 0.599. The van der Waals surface area contributed by atoms with Crippen molar-refractivity contribution in [3.05, 3.63) is 11.6 Å². The van der Waals surface area contributed by atoms with Gasteiger partial charge in [-0.3, -0.25) is 14.4 Å². The summed E-state index contributed by atoms with van der Waals surface area (Å²) >= 11 is 1.46. The monoisotopic (exact) mass is 448 g/mol. The number of hydrogen-bond acceptors (Lipinski definition) is 6. The van der Waals surface area contributed by atoms with Crippen molar-refractivity contribution in [2.45, 2.75) is 89.4 Å². The SMILES string of the molecule is CC(=O)O[C@@]1(CCCO)CC[C@H]2[C@H]3[C@H](CC[C@@]21C)[C@H]1CCC(=O)C=C1C[C@H]3SC(C)=O. The Morgan fingerprint density at radius 2 is 2.00 bits per heavy atom. The summed E-state index contributed by atoms with van der Waals surface area (Å²) in [4.78, 5) is 36.4. The van der Waals surface area contributed by atoms with E-state index >= 15 is 0 Å². The molecule has 1 N–H and O–H groups in total. The van der Waals surface area contributed by atoms with Gasteiger partial charge in [0, 0.05) is 37.5 Å². The third-order valence-corrected chi connectivity index (χ3v) is 10.1. The summed E-state index contributed by atoms with van der Waals surface area (Å²) in [6.07, 6.45) is 9.47. The van der Waals surface area contributed by atoms with Crippen molar-refractivity contribution in [1.29, 1.82) is 0 Å². The molecule has 0 saturated heterocycles. The molecule has 0 amide bonds. The Morgan fingerprint density at radius 3 is 2.68 bits per heavy atom. The highest BCUT2D eigenvalue weighted by Crippen LogP contribution is 2.67. The van der Waals surface area contributed by atoms with Gasteiger partial charge >= 0.3 is 5.97 Å². The topological polar surface area (TPSA) is 80.7 Å². The molecule has 0 spiro atoms. The van der Waals surface area contributed by atoms with Crippen LogP contribution in [-0.2, 0) is 19.1 Å². The number of ether oxygens (including phenoxy) is 1. The summed E-state index contributed by atoms with van der Waals surface area (Å²) in [6.45, 7) is 5.54. The largest absolute Gasteiger partial charge is 0.459 e. The van der Waals surface area contributed by atoms with E-state index in [1.807, 2.05) is 6.08 Å². The number of aliphatic hydroxyl groups is 1. The molecule has 5 nitrogen and oxygen atoms in total. The average molecular weight is 449 g/mol. The van der Waals surface area contributed by atoms with E-state index in [0.29, 0.717) is 42.9 Å². The molecule has 3 fully saturated rings. The van der Waals surface area contributed by atoms with Gasteiger partial charge in [0.05, 0.1) is 0 Å². The van der Waals surface area contributed by atoms with Gasteiger partial charge < -0.3 is 9.84 Å². The molecule has 4 aliphatic carbocycles. The Labute approximate surface area is 189 Å². The van der Waals surface area contributed by atoms with Crippen molar-refractivity contribution < 1.29 is 24.2 Å². The predicted octanol–water partition coefficient (Wildman–Crippen LogP) is 4.46. The number of ketones is 1. The Morgan fingerprint density at radius 1 is 1.23 bits per heavy atom. The molecule has 0 aliphatic heterocycles. The Balaban J connectivity index is 1.71. The van der Waals surface area contributed by atoms with E-state index in [2.05, 4.69) is 6.92 Å². The normalized spacial score (nSPS) is 41.6. The summed E-state index contributed by atoms with van der Waals surface area (Å²) < 4.78 is 6.11. The van der Waals surface area contributed by atoms with E-state index in [4.69, 9.17) is 4.74 Å². The van der Waals surface area contributed by atoms with Crippen molar-refractivity contribution in [2.24, 2.45) is 29.1 Å². The van der Waals surface area contributed by atoms with Crippen LogP contribution >= 0.6 is 11.8 Å². The number of allylic oxidation sites excluding steroid dienone is 1. The summed E-state index contributed by atoms with van der Waals surface area (Å²) in [5, 5.41) is 9.85. The van der Waals surface area contributed by atoms with Crippen molar-refractivity contribution in [3.8, 4) is 0 Å². The number of carbonyl (C=O) groups is 3. The number of rotatable bonds is 5. The van der Waals surface area contributed by atoms with Gasteiger partial charge in [0.25, 0.3) is 0 Å². The maximum atomic E-state index is 12.2. The van der Waals surface area contributed by atoms with Crippen molar-refractivity contribution in [2.75, 3.05) is 6.61 Å². The molecule has 0 radical (unpaired) electrons. The fourth-order valence-electron chi connectivity index (χ4n) is 7.86. The number of esters is 1. The standard InChI is InChI=1S/C25H36O5S/c1-15(27)30-25(9-4-12-26)11-8-21-23-20(7-10-24(21,25)3)19-6-5-18(29)13-17(19)14-22(23)31-16(2)28/h13,19-23,26H,4-12,14H2,1-3H3/t19-,20+,21-,22+,23+,24-,25-/m0/s1. The molecule has 0 aromatic heterocycles. The molecule has 0 bridgehead atoms. The second-order valence-electron chi connectivity index (χ2n) is 10.4. The zero-order valence-corrected chi connectivity index (χ0v) is 19.8. The van der Waals surface area contributed by atoms with E-state index in [9.17, 15) is 19.5 Å². The Hall–Kier alpha value is -1.14. The highest BCUT2D eigenvalue weighted by atomic mass is 32.2. The van der Waals surface area contributed by atoms with Gasteiger partial charge in [-0.05, 0) is 81.1 Å². The number of hydrogen-bond donors (Lipinski definition) is 1. The lowest BCUT2D eigenvalue weighted by Crippen LogP contribution is -2.56. The molecule has 0 aromatic carbocycles. The molecule has 0 unspecified atom stereocenters. The molecule has 4 rings (SSSR count). The van der Waals surface area contributed by atoms with Crippen LogP contribution < -0.4 is 0 Å². The molecular weight excluding hydrogens is 412 g/mol. The van der Waals surface area contributed by atoms with Crippen LogP contribution in [0, 0.1) is 29.1 Å². The van der Waals surface area contributed by atoms with Gasteiger partial charge in [0.2, 0.25) is 0 Å². The highest BCUT2D eigenvalue weighted by Gasteiger charge is 2.65. The van der Waals surface area contributed by atoms with Crippen molar-refractivity contribution in [1.82, 2.24) is 0 Å². The maximum absolute atomic E-state index is 12.2. The molecule has 0 heterocycles. The number of fused-ring (bicyclic) bond motifs is 5. The Kier molecular flexibility index (Phi) is 6.43. The van der Waals surface area contributed by atoms with Crippen LogP contribution in [-0.4, -0.2) is 39.4 Å². The number of carbonyl (C=O) groups excluding carboxylic acids is 3. The number of thioether (sulfide) groups is 1. The first kappa shape index (κ1) is 23.0. The molecule has 172 valence electrons. The molecule has 3 saturated carbocycles. The van der Waals surface area contributed by atoms with Gasteiger partial charge in [-0.15, -0.1) is 0 Å². The van der Waals surface area contributed by atoms with Crippen LogP contribution in [0.3, 0.4) is 0 Å². The molecule has 6 heteroatoms. The summed E-state index contributed by atoms with van der Waals surface area (Å²) in [5.74, 6) is 1.73. The van der Waals surface area contributed by atoms with Gasteiger partial charge in [0.1, 0.15) is 5.60 Å². The van der Waals surface area contributed by atoms with Crippen LogP contribution in [0.1, 0.15) is 78.6 Å². The summed E-state index contributed by atoms with van der Waals surface area (Å²) in [7, 11) is 0. The zero-order chi connectivity index (χ0) is 22.4. The predicted molar refractivity (Wildman–Crippen MR) is 120 cm³/mol. The first-order valence-electron chi connectivity index (χ1n) is 11.9. The van der Waals surface area contributed by atoms with Gasteiger partial charge in [-0.25, -0.2) is 0 Å². The quantitative estimate of drug-likeness (QED) is 0.626. The lowest BCUT2D eigenvalue weighted by molar-refractivity contribution is -0.182. The average Bonchev–Trinajstić information content (AvgIpc) is 2.97. The fraction of sp³-hybridized carbons (Fsp3) is 0.800. The fourth-order valence-corrected chi connectivity index (χ4v) is 9.11. The summed E-state index contributed by atoms with van der Waals surface area (Å²) in [6, 6.07) is 0. The van der Waals surface area contributed by atoms with E-state index < -0.39 is 5.60 Å². The minimum absolute atomic E-state index is 0.100. The number of aliphatic hydroxyl groups excluding tert-OH is 1. The van der Waals surface area contributed by atoms with Gasteiger partial charge in [-0.1, -0.05) is 24.3 Å². The van der Waals surface area contributed by atoms with E-state index in [-0.39, 0.29) is 34.1 Å². The van der Waals surface area contributed by atoms with Crippen LogP contribution in [0.15, 0.2) is 11.6 Å². The molecule has 31 heavy (non-hydrogen) atoms. The molecular formula is C25H36O5S.